The minimum Gasteiger partial charge on any atom is -0.201 e. The normalized spacial score (nSPS) is 10.7. The van der Waals surface area contributed by atoms with E-state index in [0.717, 1.165) is 0 Å². The van der Waals surface area contributed by atoms with Gasteiger partial charge in [-0.05, 0) is 27.9 Å². The number of benzene rings is 2. The fraction of sp³-hybridized carbons (Fsp3) is 0. The van der Waals surface area contributed by atoms with Crippen molar-refractivity contribution < 1.29 is 0 Å². The van der Waals surface area contributed by atoms with E-state index < -0.39 is 0 Å². The summed E-state index contributed by atoms with van der Waals surface area (Å²) >= 11 is 1.49. The highest BCUT2D eigenvalue weighted by molar-refractivity contribution is 7.03. The molecule has 0 aliphatic rings. The molecule has 2 aromatic carbocycles. The Hall–Kier alpha value is -1.67. The summed E-state index contributed by atoms with van der Waals surface area (Å²) in [6, 6.07) is 14.8. The number of aromatic nitrogens is 1. The van der Waals surface area contributed by atoms with E-state index in [1.807, 2.05) is 6.20 Å². The zero-order chi connectivity index (χ0) is 10.1. The third-order valence-electron chi connectivity index (χ3n) is 2.53. The topological polar surface area (TPSA) is 12.9 Å². The Bertz CT molecular complexity index is 579. The molecular weight excluding hydrogens is 202 g/mol. The highest BCUT2D eigenvalue weighted by atomic mass is 32.1. The molecule has 0 N–H and O–H groups in total. The van der Waals surface area contributed by atoms with E-state index in [1.54, 1.807) is 0 Å². The van der Waals surface area contributed by atoms with Crippen LogP contribution in [-0.2, 0) is 0 Å². The zero-order valence-electron chi connectivity index (χ0n) is 8.05. The van der Waals surface area contributed by atoms with Gasteiger partial charge in [-0.1, -0.05) is 42.5 Å². The molecule has 1 aromatic heterocycles. The third kappa shape index (κ3) is 1.43. The Labute approximate surface area is 92.2 Å². The van der Waals surface area contributed by atoms with Gasteiger partial charge in [0.1, 0.15) is 0 Å². The summed E-state index contributed by atoms with van der Waals surface area (Å²) in [7, 11) is 0. The van der Waals surface area contributed by atoms with E-state index in [-0.39, 0.29) is 0 Å². The lowest BCUT2D eigenvalue weighted by atomic mass is 10.0. The maximum atomic E-state index is 4.15. The van der Waals surface area contributed by atoms with Crippen molar-refractivity contribution in [3.05, 3.63) is 54.0 Å². The summed E-state index contributed by atoms with van der Waals surface area (Å²) in [6.45, 7) is 0. The van der Waals surface area contributed by atoms with Crippen LogP contribution in [-0.4, -0.2) is 4.37 Å². The first-order valence-corrected chi connectivity index (χ1v) is 5.66. The molecule has 2 heteroatoms. The van der Waals surface area contributed by atoms with Crippen LogP contribution in [0.1, 0.15) is 0 Å². The summed E-state index contributed by atoms with van der Waals surface area (Å²) in [5.74, 6) is 0. The fourth-order valence-electron chi connectivity index (χ4n) is 1.82. The van der Waals surface area contributed by atoms with Gasteiger partial charge in [0.25, 0.3) is 0 Å². The SMILES string of the molecule is c1ccc2c(-c3cnsc3)cccc2c1. The third-order valence-corrected chi connectivity index (χ3v) is 3.12. The molecule has 0 saturated carbocycles. The highest BCUT2D eigenvalue weighted by Crippen LogP contribution is 2.28. The van der Waals surface area contributed by atoms with Crippen molar-refractivity contribution in [1.82, 2.24) is 4.37 Å². The summed E-state index contributed by atoms with van der Waals surface area (Å²) < 4.78 is 4.15. The molecule has 0 aliphatic heterocycles. The Kier molecular flexibility index (Phi) is 2.00. The summed E-state index contributed by atoms with van der Waals surface area (Å²) in [5, 5.41) is 4.66. The second-order valence-electron chi connectivity index (χ2n) is 3.44. The average molecular weight is 211 g/mol. The lowest BCUT2D eigenvalue weighted by Crippen LogP contribution is -1.77. The first-order valence-electron chi connectivity index (χ1n) is 4.83. The van der Waals surface area contributed by atoms with Crippen LogP contribution >= 0.6 is 11.5 Å². The second-order valence-corrected chi connectivity index (χ2v) is 4.10. The van der Waals surface area contributed by atoms with E-state index in [1.165, 1.54) is 33.4 Å². The first kappa shape index (κ1) is 8.62. The van der Waals surface area contributed by atoms with Gasteiger partial charge in [-0.2, -0.15) is 0 Å². The molecule has 0 spiro atoms. The Morgan fingerprint density at radius 2 is 1.80 bits per heavy atom. The van der Waals surface area contributed by atoms with Crippen LogP contribution in [0, 0.1) is 0 Å². The maximum absolute atomic E-state index is 4.15. The second kappa shape index (κ2) is 3.48. The first-order chi connectivity index (χ1) is 7.45. The van der Waals surface area contributed by atoms with E-state index in [9.17, 15) is 0 Å². The molecule has 0 bridgehead atoms. The number of fused-ring (bicyclic) bond motifs is 1. The number of rotatable bonds is 1. The van der Waals surface area contributed by atoms with Crippen molar-refractivity contribution in [2.45, 2.75) is 0 Å². The minimum absolute atomic E-state index is 1.21. The molecular formula is C13H9NS. The smallest absolute Gasteiger partial charge is 0.0485 e. The molecule has 0 fully saturated rings. The highest BCUT2D eigenvalue weighted by Gasteiger charge is 2.03. The van der Waals surface area contributed by atoms with Crippen LogP contribution < -0.4 is 0 Å². The molecule has 3 aromatic rings. The van der Waals surface area contributed by atoms with Gasteiger partial charge < -0.3 is 0 Å². The van der Waals surface area contributed by atoms with Crippen molar-refractivity contribution in [1.29, 1.82) is 0 Å². The van der Waals surface area contributed by atoms with Crippen molar-refractivity contribution in [2.24, 2.45) is 0 Å². The molecule has 1 heterocycles. The van der Waals surface area contributed by atoms with Gasteiger partial charge in [-0.25, -0.2) is 4.37 Å². The van der Waals surface area contributed by atoms with Gasteiger partial charge in [-0.15, -0.1) is 0 Å². The largest absolute Gasteiger partial charge is 0.201 e. The summed E-state index contributed by atoms with van der Waals surface area (Å²) in [5.41, 5.74) is 2.47. The van der Waals surface area contributed by atoms with Crippen molar-refractivity contribution >= 4 is 22.3 Å². The molecule has 3 rings (SSSR count). The molecule has 72 valence electrons. The van der Waals surface area contributed by atoms with Gasteiger partial charge in [0.2, 0.25) is 0 Å². The van der Waals surface area contributed by atoms with Crippen LogP contribution in [0.4, 0.5) is 0 Å². The van der Waals surface area contributed by atoms with Crippen molar-refractivity contribution in [3.63, 3.8) is 0 Å². The van der Waals surface area contributed by atoms with Crippen LogP contribution in [0.5, 0.6) is 0 Å². The van der Waals surface area contributed by atoms with Gasteiger partial charge in [-0.3, -0.25) is 0 Å². The van der Waals surface area contributed by atoms with Gasteiger partial charge >= 0.3 is 0 Å². The molecule has 0 saturated heterocycles. The van der Waals surface area contributed by atoms with Gasteiger partial charge in [0.05, 0.1) is 0 Å². The predicted molar refractivity (Wildman–Crippen MR) is 65.1 cm³/mol. The number of hydrogen-bond donors (Lipinski definition) is 0. The molecule has 15 heavy (non-hydrogen) atoms. The molecule has 0 atom stereocenters. The number of nitrogens with zero attached hydrogens (tertiary/aromatic N) is 1. The molecule has 0 amide bonds. The predicted octanol–water partition coefficient (Wildman–Crippen LogP) is 3.96. The monoisotopic (exact) mass is 211 g/mol. The van der Waals surface area contributed by atoms with E-state index in [2.05, 4.69) is 52.2 Å². The van der Waals surface area contributed by atoms with E-state index >= 15 is 0 Å². The zero-order valence-corrected chi connectivity index (χ0v) is 8.87. The van der Waals surface area contributed by atoms with Crippen LogP contribution in [0.2, 0.25) is 0 Å². The number of hydrogen-bond acceptors (Lipinski definition) is 2. The van der Waals surface area contributed by atoms with Crippen LogP contribution in [0.25, 0.3) is 21.9 Å². The maximum Gasteiger partial charge on any atom is 0.0485 e. The fourth-order valence-corrected chi connectivity index (χ4v) is 2.35. The van der Waals surface area contributed by atoms with Crippen LogP contribution in [0.3, 0.4) is 0 Å². The van der Waals surface area contributed by atoms with Crippen LogP contribution in [0.15, 0.2) is 54.0 Å². The Morgan fingerprint density at radius 1 is 0.933 bits per heavy atom. The molecule has 0 unspecified atom stereocenters. The summed E-state index contributed by atoms with van der Waals surface area (Å²) in [6.07, 6.45) is 1.92. The lowest BCUT2D eigenvalue weighted by molar-refractivity contribution is 1.57. The minimum atomic E-state index is 1.21. The van der Waals surface area contributed by atoms with E-state index in [0.29, 0.717) is 0 Å². The van der Waals surface area contributed by atoms with Gasteiger partial charge in [0.15, 0.2) is 0 Å². The van der Waals surface area contributed by atoms with Gasteiger partial charge in [0, 0.05) is 17.1 Å². The van der Waals surface area contributed by atoms with E-state index in [4.69, 9.17) is 0 Å². The van der Waals surface area contributed by atoms with Crippen molar-refractivity contribution in [2.75, 3.05) is 0 Å². The lowest BCUT2D eigenvalue weighted by Gasteiger charge is -2.03. The molecule has 1 nitrogen and oxygen atoms in total. The summed E-state index contributed by atoms with van der Waals surface area (Å²) in [4.78, 5) is 0. The standard InChI is InChI=1S/C13H9NS/c1-2-6-12-10(4-1)5-3-7-13(12)11-8-14-15-9-11/h1-9H. The Morgan fingerprint density at radius 3 is 2.67 bits per heavy atom. The van der Waals surface area contributed by atoms with Crippen molar-refractivity contribution in [3.8, 4) is 11.1 Å². The average Bonchev–Trinajstić information content (AvgIpc) is 2.82. The molecule has 0 radical (unpaired) electrons. The molecule has 0 aliphatic carbocycles. The Balaban J connectivity index is 2.36. The quantitative estimate of drug-likeness (QED) is 0.593.